The van der Waals surface area contributed by atoms with Crippen LogP contribution in [0.4, 0.5) is 14.6 Å². The molecule has 3 aromatic heterocycles. The van der Waals surface area contributed by atoms with Crippen LogP contribution in [0.15, 0.2) is 30.5 Å². The molecule has 1 saturated heterocycles. The standard InChI is InChI=1S/C23H24F2N6O2.C2H7N/c1-11-7-14(26)5-6-31(11)22-19-16-8-13(24)3-4-18(16)28-21(19)29-23(30-22)33-15-9-17(25)20(12(2)32)27-10-15;1-3-2/h3-4,8-12,14,32H,5-7,26H2,1-2H3,(H,28,29,30);3H,1-2H3/t11-,12?,14?;/m1./s1. The molecule has 0 amide bonds. The van der Waals surface area contributed by atoms with Gasteiger partial charge in [0.1, 0.15) is 23.0 Å². The van der Waals surface area contributed by atoms with E-state index in [2.05, 4.69) is 37.1 Å². The molecule has 3 atom stereocenters. The monoisotopic (exact) mass is 499 g/mol. The van der Waals surface area contributed by atoms with E-state index < -0.39 is 11.9 Å². The maximum Gasteiger partial charge on any atom is 0.326 e. The van der Waals surface area contributed by atoms with E-state index in [1.807, 2.05) is 14.1 Å². The van der Waals surface area contributed by atoms with Crippen molar-refractivity contribution in [1.29, 1.82) is 0 Å². The fourth-order valence-corrected chi connectivity index (χ4v) is 4.40. The average molecular weight is 500 g/mol. The molecule has 36 heavy (non-hydrogen) atoms. The fourth-order valence-electron chi connectivity index (χ4n) is 4.40. The maximum atomic E-state index is 14.3. The van der Waals surface area contributed by atoms with Crippen LogP contribution in [0.3, 0.4) is 0 Å². The van der Waals surface area contributed by atoms with Crippen molar-refractivity contribution in [3.8, 4) is 11.8 Å². The number of benzene rings is 1. The molecule has 5 rings (SSSR count). The number of rotatable bonds is 4. The van der Waals surface area contributed by atoms with Crippen molar-refractivity contribution < 1.29 is 18.6 Å². The molecule has 1 aliphatic rings. The summed E-state index contributed by atoms with van der Waals surface area (Å²) in [6.07, 6.45) is 1.84. The van der Waals surface area contributed by atoms with Gasteiger partial charge in [-0.1, -0.05) is 0 Å². The Morgan fingerprint density at radius 1 is 1.25 bits per heavy atom. The Kier molecular flexibility index (Phi) is 7.62. The Balaban J connectivity index is 0.000000967. The average Bonchev–Trinajstić information content (AvgIpc) is 3.16. The molecule has 192 valence electrons. The third kappa shape index (κ3) is 5.23. The van der Waals surface area contributed by atoms with Gasteiger partial charge in [0.05, 0.1) is 17.7 Å². The van der Waals surface area contributed by atoms with Gasteiger partial charge in [-0.15, -0.1) is 0 Å². The SMILES string of the molecule is CC(O)c1ncc(Oc2nc(N3CCC(N)C[C@H]3C)c3c(n2)[nH]c2ccc(F)cc23)cc1F.CNC. The van der Waals surface area contributed by atoms with Crippen molar-refractivity contribution in [2.24, 2.45) is 5.73 Å². The van der Waals surface area contributed by atoms with Crippen LogP contribution < -0.4 is 20.7 Å². The van der Waals surface area contributed by atoms with Crippen molar-refractivity contribution in [3.05, 3.63) is 47.8 Å². The Labute approximate surface area is 207 Å². The van der Waals surface area contributed by atoms with Crippen LogP contribution in [-0.4, -0.2) is 57.8 Å². The van der Waals surface area contributed by atoms with E-state index in [1.54, 1.807) is 6.07 Å². The predicted molar refractivity (Wildman–Crippen MR) is 135 cm³/mol. The lowest BCUT2D eigenvalue weighted by molar-refractivity contribution is 0.188. The number of piperidine rings is 1. The number of aromatic nitrogens is 4. The minimum Gasteiger partial charge on any atom is -0.422 e. The number of pyridine rings is 1. The molecule has 0 aliphatic carbocycles. The Morgan fingerprint density at radius 2 is 2.00 bits per heavy atom. The second-order valence-electron chi connectivity index (χ2n) is 9.01. The number of hydrogen-bond donors (Lipinski definition) is 4. The number of fused-ring (bicyclic) bond motifs is 3. The van der Waals surface area contributed by atoms with Crippen LogP contribution in [0.25, 0.3) is 21.9 Å². The molecule has 2 unspecified atom stereocenters. The molecule has 4 heterocycles. The molecular weight excluding hydrogens is 468 g/mol. The number of nitrogens with zero attached hydrogens (tertiary/aromatic N) is 4. The number of nitrogens with one attached hydrogen (secondary N) is 2. The first kappa shape index (κ1) is 25.7. The number of anilines is 1. The molecule has 1 fully saturated rings. The summed E-state index contributed by atoms with van der Waals surface area (Å²) in [6, 6.07) is 5.82. The molecule has 9 nitrogen and oxygen atoms in total. The minimum absolute atomic E-state index is 0.00223. The second-order valence-corrected chi connectivity index (χ2v) is 9.01. The van der Waals surface area contributed by atoms with Gasteiger partial charge in [0.15, 0.2) is 11.6 Å². The van der Waals surface area contributed by atoms with Crippen molar-refractivity contribution in [2.45, 2.75) is 44.9 Å². The van der Waals surface area contributed by atoms with Crippen molar-refractivity contribution in [1.82, 2.24) is 25.3 Å². The lowest BCUT2D eigenvalue weighted by Gasteiger charge is -2.37. The fraction of sp³-hybridized carbons (Fsp3) is 0.400. The number of H-pyrrole nitrogens is 1. The highest BCUT2D eigenvalue weighted by atomic mass is 19.1. The van der Waals surface area contributed by atoms with Gasteiger partial charge in [-0.3, -0.25) is 4.98 Å². The summed E-state index contributed by atoms with van der Waals surface area (Å²) in [5.74, 6) is -0.356. The van der Waals surface area contributed by atoms with Crippen LogP contribution in [0.2, 0.25) is 0 Å². The number of ether oxygens (including phenoxy) is 1. The number of aliphatic hydroxyl groups excluding tert-OH is 1. The van der Waals surface area contributed by atoms with Gasteiger partial charge in [-0.2, -0.15) is 9.97 Å². The third-order valence-electron chi connectivity index (χ3n) is 6.01. The highest BCUT2D eigenvalue weighted by molar-refractivity contribution is 6.11. The van der Waals surface area contributed by atoms with Crippen LogP contribution >= 0.6 is 0 Å². The van der Waals surface area contributed by atoms with Crippen molar-refractivity contribution >= 4 is 27.8 Å². The van der Waals surface area contributed by atoms with Crippen LogP contribution in [0.5, 0.6) is 11.8 Å². The number of aromatic amines is 1. The van der Waals surface area contributed by atoms with Gasteiger partial charge in [0, 0.05) is 35.6 Å². The summed E-state index contributed by atoms with van der Waals surface area (Å²) in [5.41, 5.74) is 7.27. The minimum atomic E-state index is -1.04. The summed E-state index contributed by atoms with van der Waals surface area (Å²) in [5, 5.41) is 13.7. The molecule has 11 heteroatoms. The van der Waals surface area contributed by atoms with Gasteiger partial charge in [-0.25, -0.2) is 8.78 Å². The first-order valence-electron chi connectivity index (χ1n) is 11.8. The molecule has 4 aromatic rings. The van der Waals surface area contributed by atoms with Crippen LogP contribution in [0.1, 0.15) is 38.5 Å². The van der Waals surface area contributed by atoms with E-state index >= 15 is 0 Å². The Bertz CT molecular complexity index is 1360. The number of halogens is 2. The van der Waals surface area contributed by atoms with Crippen LogP contribution in [0, 0.1) is 11.6 Å². The predicted octanol–water partition coefficient (Wildman–Crippen LogP) is 3.78. The van der Waals surface area contributed by atoms with Gasteiger partial charge in [0.2, 0.25) is 0 Å². The van der Waals surface area contributed by atoms with E-state index in [9.17, 15) is 13.9 Å². The summed E-state index contributed by atoms with van der Waals surface area (Å²) in [7, 11) is 3.75. The van der Waals surface area contributed by atoms with Gasteiger partial charge in [-0.05, 0) is 59.0 Å². The maximum absolute atomic E-state index is 14.3. The van der Waals surface area contributed by atoms with Crippen LogP contribution in [-0.2, 0) is 0 Å². The normalized spacial score (nSPS) is 18.7. The zero-order valence-electron chi connectivity index (χ0n) is 20.7. The second kappa shape index (κ2) is 10.7. The summed E-state index contributed by atoms with van der Waals surface area (Å²) in [4.78, 5) is 18.4. The van der Waals surface area contributed by atoms with Gasteiger partial charge >= 0.3 is 6.01 Å². The van der Waals surface area contributed by atoms with E-state index in [0.29, 0.717) is 28.8 Å². The van der Waals surface area contributed by atoms with Gasteiger partial charge in [0.25, 0.3) is 0 Å². The zero-order chi connectivity index (χ0) is 26.0. The van der Waals surface area contributed by atoms with E-state index in [-0.39, 0.29) is 35.4 Å². The lowest BCUT2D eigenvalue weighted by Crippen LogP contribution is -2.46. The quantitative estimate of drug-likeness (QED) is 0.334. The Morgan fingerprint density at radius 3 is 2.67 bits per heavy atom. The van der Waals surface area contributed by atoms with Crippen molar-refractivity contribution in [2.75, 3.05) is 25.5 Å². The lowest BCUT2D eigenvalue weighted by atomic mass is 9.99. The molecule has 5 N–H and O–H groups in total. The largest absolute Gasteiger partial charge is 0.422 e. The highest BCUT2D eigenvalue weighted by Gasteiger charge is 2.28. The molecule has 0 bridgehead atoms. The molecule has 0 spiro atoms. The van der Waals surface area contributed by atoms with E-state index in [1.165, 1.54) is 25.3 Å². The highest BCUT2D eigenvalue weighted by Crippen LogP contribution is 2.36. The number of aliphatic hydroxyl groups is 1. The summed E-state index contributed by atoms with van der Waals surface area (Å²) >= 11 is 0. The third-order valence-corrected chi connectivity index (χ3v) is 6.01. The smallest absolute Gasteiger partial charge is 0.326 e. The van der Waals surface area contributed by atoms with Gasteiger partial charge < -0.3 is 30.8 Å². The molecular formula is C25H31F2N7O2. The molecule has 1 aliphatic heterocycles. The van der Waals surface area contributed by atoms with E-state index in [4.69, 9.17) is 10.5 Å². The molecule has 0 saturated carbocycles. The zero-order valence-corrected chi connectivity index (χ0v) is 20.7. The number of hydrogen-bond acceptors (Lipinski definition) is 8. The summed E-state index contributed by atoms with van der Waals surface area (Å²) in [6.45, 7) is 4.17. The van der Waals surface area contributed by atoms with E-state index in [0.717, 1.165) is 24.4 Å². The number of nitrogens with two attached hydrogens (primary N) is 1. The summed E-state index contributed by atoms with van der Waals surface area (Å²) < 4.78 is 34.1. The topological polar surface area (TPSA) is 125 Å². The first-order chi connectivity index (χ1) is 17.2. The molecule has 1 aromatic carbocycles. The molecule has 0 radical (unpaired) electrons. The van der Waals surface area contributed by atoms with Crippen molar-refractivity contribution in [3.63, 3.8) is 0 Å². The first-order valence-corrected chi connectivity index (χ1v) is 11.8. The Hall–Kier alpha value is -3.41.